The Morgan fingerprint density at radius 3 is 2.00 bits per heavy atom. The van der Waals surface area contributed by atoms with Crippen LogP contribution in [-0.4, -0.2) is 12.4 Å². The molecule has 0 saturated carbocycles. The first-order chi connectivity index (χ1) is 6.16. The summed E-state index contributed by atoms with van der Waals surface area (Å²) < 4.78 is 0. The Kier molecular flexibility index (Phi) is 6.60. The summed E-state index contributed by atoms with van der Waals surface area (Å²) in [5.74, 6) is 0.664. The molecule has 0 aromatic heterocycles. The monoisotopic (exact) mass is 178 g/mol. The van der Waals surface area contributed by atoms with Crippen LogP contribution >= 0.6 is 0 Å². The summed E-state index contributed by atoms with van der Waals surface area (Å²) in [7, 11) is 0. The van der Waals surface area contributed by atoms with Gasteiger partial charge in [0.15, 0.2) is 0 Å². The minimum absolute atomic E-state index is 0.664. The molecule has 0 fully saturated rings. The molecule has 0 aliphatic heterocycles. The zero-order chi connectivity index (χ0) is 10.1. The molecule has 0 heterocycles. The molecule has 0 radical (unpaired) electrons. The van der Waals surface area contributed by atoms with E-state index < -0.39 is 0 Å². The average molecular weight is 178 g/mol. The Balaban J connectivity index is 0.000000226. The van der Waals surface area contributed by atoms with E-state index in [2.05, 4.69) is 24.0 Å². The summed E-state index contributed by atoms with van der Waals surface area (Å²) in [6.07, 6.45) is 0. The second-order valence-corrected chi connectivity index (χ2v) is 2.77. The normalized spacial score (nSPS) is 10.2. The maximum Gasteiger partial charge on any atom is 0.0905 e. The predicted octanol–water partition coefficient (Wildman–Crippen LogP) is 2.38. The van der Waals surface area contributed by atoms with Gasteiger partial charge in [0.1, 0.15) is 0 Å². The summed E-state index contributed by atoms with van der Waals surface area (Å²) in [4.78, 5) is 3.82. The van der Waals surface area contributed by atoms with Crippen molar-refractivity contribution in [2.45, 2.75) is 20.8 Å². The van der Waals surface area contributed by atoms with Crippen LogP contribution in [0.25, 0.3) is 0 Å². The summed E-state index contributed by atoms with van der Waals surface area (Å²) in [5, 5.41) is 0. The third-order valence-corrected chi connectivity index (χ3v) is 1.35. The molecule has 0 saturated heterocycles. The van der Waals surface area contributed by atoms with E-state index >= 15 is 0 Å². The molecule has 0 amide bonds. The van der Waals surface area contributed by atoms with E-state index in [4.69, 9.17) is 5.73 Å². The minimum atomic E-state index is 0.664. The van der Waals surface area contributed by atoms with Gasteiger partial charge in [0.05, 0.1) is 5.84 Å². The molecule has 0 bridgehead atoms. The molecule has 0 atom stereocenters. The topological polar surface area (TPSA) is 38.4 Å². The van der Waals surface area contributed by atoms with Crippen LogP contribution in [0.15, 0.2) is 35.3 Å². The zero-order valence-corrected chi connectivity index (χ0v) is 8.62. The third-order valence-electron chi connectivity index (χ3n) is 1.35. The standard InChI is InChI=1S/C7H8.C4H10N2/c1-7-5-3-2-4-6-7;1-3-6-4(2)5/h2-6H,1H3;3H2,1-2H3,(H2,5,6). The van der Waals surface area contributed by atoms with Crippen LogP contribution in [-0.2, 0) is 0 Å². The van der Waals surface area contributed by atoms with Gasteiger partial charge in [0, 0.05) is 6.54 Å². The first-order valence-corrected chi connectivity index (χ1v) is 4.45. The van der Waals surface area contributed by atoms with E-state index in [0.717, 1.165) is 6.54 Å². The van der Waals surface area contributed by atoms with Crippen molar-refractivity contribution in [2.75, 3.05) is 6.54 Å². The van der Waals surface area contributed by atoms with E-state index in [1.54, 1.807) is 6.92 Å². The van der Waals surface area contributed by atoms with Gasteiger partial charge >= 0.3 is 0 Å². The van der Waals surface area contributed by atoms with Crippen molar-refractivity contribution in [3.05, 3.63) is 35.9 Å². The Hall–Kier alpha value is -1.31. The molecular weight excluding hydrogens is 160 g/mol. The smallest absolute Gasteiger partial charge is 0.0905 e. The second-order valence-electron chi connectivity index (χ2n) is 2.77. The van der Waals surface area contributed by atoms with Gasteiger partial charge in [0.2, 0.25) is 0 Å². The second kappa shape index (κ2) is 7.35. The molecule has 0 unspecified atom stereocenters. The molecule has 2 nitrogen and oxygen atoms in total. The Morgan fingerprint density at radius 2 is 1.85 bits per heavy atom. The average Bonchev–Trinajstić information content (AvgIpc) is 2.06. The lowest BCUT2D eigenvalue weighted by molar-refractivity contribution is 1.12. The zero-order valence-electron chi connectivity index (χ0n) is 8.62. The van der Waals surface area contributed by atoms with Crippen molar-refractivity contribution >= 4 is 5.84 Å². The van der Waals surface area contributed by atoms with E-state index in [9.17, 15) is 0 Å². The number of nitrogens with two attached hydrogens (primary N) is 1. The molecule has 0 aliphatic rings. The van der Waals surface area contributed by atoms with Gasteiger partial charge in [-0.15, -0.1) is 0 Å². The number of rotatable bonds is 1. The number of hydrogen-bond donors (Lipinski definition) is 1. The lowest BCUT2D eigenvalue weighted by atomic mass is 10.2. The lowest BCUT2D eigenvalue weighted by Gasteiger charge is -1.82. The maximum absolute atomic E-state index is 5.15. The molecule has 0 spiro atoms. The van der Waals surface area contributed by atoms with Crippen LogP contribution < -0.4 is 5.73 Å². The summed E-state index contributed by atoms with van der Waals surface area (Å²) >= 11 is 0. The Bertz CT molecular complexity index is 236. The maximum atomic E-state index is 5.15. The molecule has 72 valence electrons. The van der Waals surface area contributed by atoms with Crippen molar-refractivity contribution in [1.29, 1.82) is 0 Å². The van der Waals surface area contributed by atoms with Gasteiger partial charge in [0.25, 0.3) is 0 Å². The van der Waals surface area contributed by atoms with E-state index in [0.29, 0.717) is 5.84 Å². The first-order valence-electron chi connectivity index (χ1n) is 4.45. The van der Waals surface area contributed by atoms with E-state index in [1.807, 2.05) is 25.1 Å². The molecule has 2 heteroatoms. The molecule has 0 aliphatic carbocycles. The minimum Gasteiger partial charge on any atom is -0.388 e. The highest BCUT2D eigenvalue weighted by Gasteiger charge is 1.72. The highest BCUT2D eigenvalue weighted by atomic mass is 14.8. The van der Waals surface area contributed by atoms with Crippen molar-refractivity contribution in [3.8, 4) is 0 Å². The largest absolute Gasteiger partial charge is 0.388 e. The number of benzene rings is 1. The molecule has 1 rings (SSSR count). The fourth-order valence-corrected chi connectivity index (χ4v) is 0.784. The highest BCUT2D eigenvalue weighted by molar-refractivity contribution is 5.77. The summed E-state index contributed by atoms with van der Waals surface area (Å²) in [6.45, 7) is 6.61. The van der Waals surface area contributed by atoms with Crippen LogP contribution in [0.3, 0.4) is 0 Å². The van der Waals surface area contributed by atoms with Crippen molar-refractivity contribution in [3.63, 3.8) is 0 Å². The quantitative estimate of drug-likeness (QED) is 0.520. The van der Waals surface area contributed by atoms with Crippen molar-refractivity contribution in [2.24, 2.45) is 10.7 Å². The van der Waals surface area contributed by atoms with Crippen LogP contribution in [0.1, 0.15) is 19.4 Å². The van der Waals surface area contributed by atoms with Gasteiger partial charge in [-0.05, 0) is 20.8 Å². The van der Waals surface area contributed by atoms with Crippen molar-refractivity contribution in [1.82, 2.24) is 0 Å². The third kappa shape index (κ3) is 8.60. The van der Waals surface area contributed by atoms with Crippen molar-refractivity contribution < 1.29 is 0 Å². The number of amidine groups is 1. The van der Waals surface area contributed by atoms with Gasteiger partial charge < -0.3 is 5.73 Å². The summed E-state index contributed by atoms with van der Waals surface area (Å²) in [5.41, 5.74) is 6.47. The lowest BCUT2D eigenvalue weighted by Crippen LogP contribution is -2.04. The van der Waals surface area contributed by atoms with Crippen LogP contribution in [0, 0.1) is 6.92 Å². The number of hydrogen-bond acceptors (Lipinski definition) is 1. The number of aryl methyl sites for hydroxylation is 1. The number of nitrogens with zero attached hydrogens (tertiary/aromatic N) is 1. The predicted molar refractivity (Wildman–Crippen MR) is 59.0 cm³/mol. The first kappa shape index (κ1) is 11.7. The molecule has 1 aromatic carbocycles. The fraction of sp³-hybridized carbons (Fsp3) is 0.364. The van der Waals surface area contributed by atoms with Gasteiger partial charge in [-0.1, -0.05) is 35.9 Å². The SMILES string of the molecule is CCN=C(C)N.Cc1ccccc1. The van der Waals surface area contributed by atoms with Crippen LogP contribution in [0.2, 0.25) is 0 Å². The molecular formula is C11H18N2. The fourth-order valence-electron chi connectivity index (χ4n) is 0.784. The van der Waals surface area contributed by atoms with E-state index in [-0.39, 0.29) is 0 Å². The van der Waals surface area contributed by atoms with Gasteiger partial charge in [-0.3, -0.25) is 4.99 Å². The Morgan fingerprint density at radius 1 is 1.31 bits per heavy atom. The molecule has 1 aromatic rings. The van der Waals surface area contributed by atoms with Crippen LogP contribution in [0.4, 0.5) is 0 Å². The molecule has 13 heavy (non-hydrogen) atoms. The highest BCUT2D eigenvalue weighted by Crippen LogP contribution is 1.92. The molecule has 2 N–H and O–H groups in total. The van der Waals surface area contributed by atoms with Crippen LogP contribution in [0.5, 0.6) is 0 Å². The Labute approximate surface area is 80.5 Å². The number of aliphatic imine (C=N–C) groups is 1. The summed E-state index contributed by atoms with van der Waals surface area (Å²) in [6, 6.07) is 10.3. The van der Waals surface area contributed by atoms with E-state index in [1.165, 1.54) is 5.56 Å². The van der Waals surface area contributed by atoms with Gasteiger partial charge in [-0.25, -0.2) is 0 Å². The van der Waals surface area contributed by atoms with Gasteiger partial charge in [-0.2, -0.15) is 0 Å².